The second-order valence-corrected chi connectivity index (χ2v) is 3.43. The molecule has 0 aromatic heterocycles. The SMILES string of the molecule is CCCCOC(=Cc1ccccc1)C(=O)O. The predicted molar refractivity (Wildman–Crippen MR) is 62.9 cm³/mol. The number of aliphatic carboxylic acids is 1. The summed E-state index contributed by atoms with van der Waals surface area (Å²) in [5.41, 5.74) is 0.830. The van der Waals surface area contributed by atoms with Gasteiger partial charge in [0.05, 0.1) is 6.61 Å². The number of carboxylic acid groups (broad SMARTS) is 1. The van der Waals surface area contributed by atoms with Crippen LogP contribution in [0.5, 0.6) is 0 Å². The Morgan fingerprint density at radius 2 is 2.06 bits per heavy atom. The van der Waals surface area contributed by atoms with Crippen LogP contribution in [-0.4, -0.2) is 17.7 Å². The molecule has 0 aliphatic carbocycles. The van der Waals surface area contributed by atoms with E-state index in [1.807, 2.05) is 37.3 Å². The Morgan fingerprint density at radius 1 is 1.38 bits per heavy atom. The highest BCUT2D eigenvalue weighted by molar-refractivity contribution is 5.89. The van der Waals surface area contributed by atoms with Crippen molar-refractivity contribution in [2.45, 2.75) is 19.8 Å². The van der Waals surface area contributed by atoms with Crippen LogP contribution in [-0.2, 0) is 9.53 Å². The molecule has 1 rings (SSSR count). The summed E-state index contributed by atoms with van der Waals surface area (Å²) in [6.45, 7) is 2.48. The third-order valence-electron chi connectivity index (χ3n) is 2.06. The summed E-state index contributed by atoms with van der Waals surface area (Å²) in [6, 6.07) is 9.28. The summed E-state index contributed by atoms with van der Waals surface area (Å²) < 4.78 is 5.21. The third-order valence-corrected chi connectivity index (χ3v) is 2.06. The summed E-state index contributed by atoms with van der Waals surface area (Å²) in [5, 5.41) is 8.94. The Morgan fingerprint density at radius 3 is 2.62 bits per heavy atom. The van der Waals surface area contributed by atoms with E-state index in [0.29, 0.717) is 6.61 Å². The molecule has 0 saturated carbocycles. The number of carbonyl (C=O) groups is 1. The first-order chi connectivity index (χ1) is 7.74. The molecule has 86 valence electrons. The zero-order valence-electron chi connectivity index (χ0n) is 9.35. The molecule has 3 nitrogen and oxygen atoms in total. The van der Waals surface area contributed by atoms with Crippen LogP contribution in [0.2, 0.25) is 0 Å². The first kappa shape index (κ1) is 12.3. The van der Waals surface area contributed by atoms with Crippen molar-refractivity contribution in [2.75, 3.05) is 6.61 Å². The van der Waals surface area contributed by atoms with E-state index >= 15 is 0 Å². The number of rotatable bonds is 6. The maximum Gasteiger partial charge on any atom is 0.371 e. The van der Waals surface area contributed by atoms with Crippen LogP contribution in [0.1, 0.15) is 25.3 Å². The van der Waals surface area contributed by atoms with Gasteiger partial charge in [-0.2, -0.15) is 0 Å². The van der Waals surface area contributed by atoms with Gasteiger partial charge in [-0.05, 0) is 18.1 Å². The van der Waals surface area contributed by atoms with Crippen LogP contribution in [0.15, 0.2) is 36.1 Å². The molecule has 0 amide bonds. The Bertz CT molecular complexity index is 355. The molecule has 0 aliphatic rings. The Hall–Kier alpha value is -1.77. The molecular formula is C13H16O3. The van der Waals surface area contributed by atoms with E-state index in [4.69, 9.17) is 9.84 Å². The Balaban J connectivity index is 2.70. The molecular weight excluding hydrogens is 204 g/mol. The molecule has 0 spiro atoms. The molecule has 0 heterocycles. The molecule has 16 heavy (non-hydrogen) atoms. The van der Waals surface area contributed by atoms with E-state index in [1.54, 1.807) is 0 Å². The number of ether oxygens (including phenoxy) is 1. The van der Waals surface area contributed by atoms with Gasteiger partial charge < -0.3 is 9.84 Å². The summed E-state index contributed by atoms with van der Waals surface area (Å²) in [6.07, 6.45) is 3.38. The van der Waals surface area contributed by atoms with Crippen LogP contribution >= 0.6 is 0 Å². The van der Waals surface area contributed by atoms with Crippen molar-refractivity contribution in [3.05, 3.63) is 41.7 Å². The van der Waals surface area contributed by atoms with Crippen molar-refractivity contribution >= 4 is 12.0 Å². The quantitative estimate of drug-likeness (QED) is 0.455. The van der Waals surface area contributed by atoms with Gasteiger partial charge in [-0.3, -0.25) is 0 Å². The molecule has 0 unspecified atom stereocenters. The van der Waals surface area contributed by atoms with Crippen LogP contribution in [0.25, 0.3) is 6.08 Å². The van der Waals surface area contributed by atoms with Gasteiger partial charge in [0.25, 0.3) is 0 Å². The molecule has 1 aromatic carbocycles. The van der Waals surface area contributed by atoms with E-state index in [2.05, 4.69) is 0 Å². The molecule has 0 atom stereocenters. The second-order valence-electron chi connectivity index (χ2n) is 3.43. The number of benzene rings is 1. The molecule has 0 radical (unpaired) electrons. The van der Waals surface area contributed by atoms with Gasteiger partial charge in [0.1, 0.15) is 0 Å². The highest BCUT2D eigenvalue weighted by Gasteiger charge is 2.07. The van der Waals surface area contributed by atoms with Crippen molar-refractivity contribution < 1.29 is 14.6 Å². The second kappa shape index (κ2) is 6.67. The van der Waals surface area contributed by atoms with Gasteiger partial charge in [-0.25, -0.2) is 4.79 Å². The van der Waals surface area contributed by atoms with Gasteiger partial charge >= 0.3 is 5.97 Å². The van der Waals surface area contributed by atoms with Crippen molar-refractivity contribution in [3.8, 4) is 0 Å². The van der Waals surface area contributed by atoms with E-state index in [0.717, 1.165) is 18.4 Å². The zero-order valence-corrected chi connectivity index (χ0v) is 9.35. The number of carboxylic acids is 1. The normalized spacial score (nSPS) is 11.2. The average Bonchev–Trinajstić information content (AvgIpc) is 2.29. The summed E-state index contributed by atoms with van der Waals surface area (Å²) in [4.78, 5) is 10.9. The lowest BCUT2D eigenvalue weighted by atomic mass is 10.2. The maximum atomic E-state index is 10.9. The molecule has 0 bridgehead atoms. The minimum absolute atomic E-state index is 0.000324. The average molecular weight is 220 g/mol. The van der Waals surface area contributed by atoms with E-state index in [1.165, 1.54) is 6.08 Å². The fourth-order valence-electron chi connectivity index (χ4n) is 1.19. The maximum absolute atomic E-state index is 10.9. The van der Waals surface area contributed by atoms with Crippen molar-refractivity contribution in [1.29, 1.82) is 0 Å². The topological polar surface area (TPSA) is 46.5 Å². The zero-order chi connectivity index (χ0) is 11.8. The fraction of sp³-hybridized carbons (Fsp3) is 0.308. The van der Waals surface area contributed by atoms with E-state index in [-0.39, 0.29) is 5.76 Å². The Kier molecular flexibility index (Phi) is 5.12. The minimum Gasteiger partial charge on any atom is -0.487 e. The summed E-state index contributed by atoms with van der Waals surface area (Å²) in [7, 11) is 0. The van der Waals surface area contributed by atoms with Crippen LogP contribution in [0.4, 0.5) is 0 Å². The fourth-order valence-corrected chi connectivity index (χ4v) is 1.19. The predicted octanol–water partition coefficient (Wildman–Crippen LogP) is 2.93. The van der Waals surface area contributed by atoms with Crippen molar-refractivity contribution in [3.63, 3.8) is 0 Å². The van der Waals surface area contributed by atoms with E-state index < -0.39 is 5.97 Å². The van der Waals surface area contributed by atoms with Crippen LogP contribution in [0, 0.1) is 0 Å². The van der Waals surface area contributed by atoms with Crippen LogP contribution < -0.4 is 0 Å². The molecule has 3 heteroatoms. The first-order valence-electron chi connectivity index (χ1n) is 5.37. The van der Waals surface area contributed by atoms with Crippen molar-refractivity contribution in [1.82, 2.24) is 0 Å². The van der Waals surface area contributed by atoms with E-state index in [9.17, 15) is 4.79 Å². The van der Waals surface area contributed by atoms with Gasteiger partial charge in [-0.15, -0.1) is 0 Å². The smallest absolute Gasteiger partial charge is 0.371 e. The summed E-state index contributed by atoms with van der Waals surface area (Å²) in [5.74, 6) is -1.03. The van der Waals surface area contributed by atoms with Gasteiger partial charge in [0.15, 0.2) is 0 Å². The lowest BCUT2D eigenvalue weighted by molar-refractivity contribution is -0.136. The van der Waals surface area contributed by atoms with Gasteiger partial charge in [0.2, 0.25) is 5.76 Å². The number of unbranched alkanes of at least 4 members (excludes halogenated alkanes) is 1. The minimum atomic E-state index is -1.03. The highest BCUT2D eigenvalue weighted by Crippen LogP contribution is 2.08. The first-order valence-corrected chi connectivity index (χ1v) is 5.37. The monoisotopic (exact) mass is 220 g/mol. The molecule has 0 saturated heterocycles. The number of hydrogen-bond acceptors (Lipinski definition) is 2. The standard InChI is InChI=1S/C13H16O3/c1-2-3-9-16-12(13(14)15)10-11-7-5-4-6-8-11/h4-8,10H,2-3,9H2,1H3,(H,14,15). The molecule has 1 aromatic rings. The van der Waals surface area contributed by atoms with Gasteiger partial charge in [-0.1, -0.05) is 43.7 Å². The lowest BCUT2D eigenvalue weighted by Gasteiger charge is -2.05. The molecule has 0 fully saturated rings. The lowest BCUT2D eigenvalue weighted by Crippen LogP contribution is -2.05. The largest absolute Gasteiger partial charge is 0.487 e. The molecule has 1 N–H and O–H groups in total. The Labute approximate surface area is 95.4 Å². The van der Waals surface area contributed by atoms with Crippen LogP contribution in [0.3, 0.4) is 0 Å². The van der Waals surface area contributed by atoms with Crippen molar-refractivity contribution in [2.24, 2.45) is 0 Å². The third kappa shape index (κ3) is 4.17. The highest BCUT2D eigenvalue weighted by atomic mass is 16.5. The van der Waals surface area contributed by atoms with Gasteiger partial charge in [0, 0.05) is 0 Å². The molecule has 0 aliphatic heterocycles. The summed E-state index contributed by atoms with van der Waals surface area (Å²) >= 11 is 0. The number of hydrogen-bond donors (Lipinski definition) is 1.